The van der Waals surface area contributed by atoms with E-state index >= 15 is 0 Å². The second kappa shape index (κ2) is 5.14. The Morgan fingerprint density at radius 2 is 2.29 bits per heavy atom. The van der Waals surface area contributed by atoms with E-state index in [4.69, 9.17) is 0 Å². The number of thioether (sulfide) groups is 1. The van der Waals surface area contributed by atoms with E-state index < -0.39 is 0 Å². The number of carbonyl (C=O) groups is 2. The molecule has 0 aliphatic carbocycles. The van der Waals surface area contributed by atoms with Crippen LogP contribution in [-0.4, -0.2) is 27.6 Å². The van der Waals surface area contributed by atoms with Gasteiger partial charge in [-0.15, -0.1) is 0 Å². The summed E-state index contributed by atoms with van der Waals surface area (Å²) in [7, 11) is 0. The van der Waals surface area contributed by atoms with Crippen LogP contribution in [0.4, 0.5) is 4.79 Å². The predicted octanol–water partition coefficient (Wildman–Crippen LogP) is 2.53. The molecular formula is C12H12N2O2S. The molecule has 1 fully saturated rings. The number of carbonyl (C=O) groups excluding carboxylic acids is 2. The van der Waals surface area contributed by atoms with Crippen molar-refractivity contribution >= 4 is 29.0 Å². The van der Waals surface area contributed by atoms with Gasteiger partial charge in [0.2, 0.25) is 0 Å². The van der Waals surface area contributed by atoms with Crippen LogP contribution in [0.1, 0.15) is 18.9 Å². The summed E-state index contributed by atoms with van der Waals surface area (Å²) in [5.41, 5.74) is 0.828. The highest BCUT2D eigenvalue weighted by Crippen LogP contribution is 2.31. The molecule has 0 spiro atoms. The summed E-state index contributed by atoms with van der Waals surface area (Å²) in [6.07, 6.45) is 5.81. The monoisotopic (exact) mass is 248 g/mol. The number of hydrogen-bond acceptors (Lipinski definition) is 4. The maximum absolute atomic E-state index is 11.9. The summed E-state index contributed by atoms with van der Waals surface area (Å²) >= 11 is 0.987. The van der Waals surface area contributed by atoms with Crippen LogP contribution in [0.2, 0.25) is 0 Å². The van der Waals surface area contributed by atoms with Crippen LogP contribution < -0.4 is 0 Å². The predicted molar refractivity (Wildman–Crippen MR) is 67.2 cm³/mol. The van der Waals surface area contributed by atoms with Crippen LogP contribution >= 0.6 is 11.8 Å². The van der Waals surface area contributed by atoms with Gasteiger partial charge in [-0.1, -0.05) is 13.0 Å². The molecular weight excluding hydrogens is 236 g/mol. The highest BCUT2D eigenvalue weighted by molar-refractivity contribution is 8.18. The number of aromatic nitrogens is 1. The smallest absolute Gasteiger partial charge is 0.268 e. The topological polar surface area (TPSA) is 50.3 Å². The minimum Gasteiger partial charge on any atom is -0.268 e. The van der Waals surface area contributed by atoms with Gasteiger partial charge in [0.05, 0.1) is 4.91 Å². The molecule has 88 valence electrons. The van der Waals surface area contributed by atoms with E-state index in [1.54, 1.807) is 24.5 Å². The van der Waals surface area contributed by atoms with Crippen molar-refractivity contribution < 1.29 is 9.59 Å². The number of imide groups is 1. The summed E-state index contributed by atoms with van der Waals surface area (Å²) in [5, 5.41) is -0.188. The van der Waals surface area contributed by atoms with Crippen LogP contribution in [-0.2, 0) is 4.79 Å². The van der Waals surface area contributed by atoms with E-state index in [9.17, 15) is 9.59 Å². The molecule has 1 aromatic rings. The number of hydrogen-bond donors (Lipinski definition) is 0. The molecule has 4 nitrogen and oxygen atoms in total. The molecule has 1 aromatic heterocycles. The lowest BCUT2D eigenvalue weighted by molar-refractivity contribution is -0.122. The van der Waals surface area contributed by atoms with E-state index in [0.717, 1.165) is 23.7 Å². The van der Waals surface area contributed by atoms with Gasteiger partial charge in [-0.05, 0) is 35.9 Å². The zero-order chi connectivity index (χ0) is 12.3. The van der Waals surface area contributed by atoms with Crippen molar-refractivity contribution in [3.63, 3.8) is 0 Å². The third-order valence-electron chi connectivity index (χ3n) is 2.30. The number of nitrogens with zero attached hydrogens (tertiary/aromatic N) is 2. The number of pyridine rings is 1. The fourth-order valence-electron chi connectivity index (χ4n) is 1.53. The molecule has 0 bridgehead atoms. The van der Waals surface area contributed by atoms with E-state index in [2.05, 4.69) is 4.98 Å². The lowest BCUT2D eigenvalue weighted by atomic mass is 10.2. The second-order valence-electron chi connectivity index (χ2n) is 3.62. The third kappa shape index (κ3) is 2.55. The molecule has 1 aliphatic rings. The Bertz CT molecular complexity index is 471. The Kier molecular flexibility index (Phi) is 3.58. The maximum atomic E-state index is 11.9. The van der Waals surface area contributed by atoms with Gasteiger partial charge in [0.15, 0.2) is 0 Å². The Hall–Kier alpha value is -1.62. The molecule has 17 heavy (non-hydrogen) atoms. The second-order valence-corrected chi connectivity index (χ2v) is 4.61. The number of amides is 2. The van der Waals surface area contributed by atoms with Crippen molar-refractivity contribution in [1.82, 2.24) is 9.88 Å². The van der Waals surface area contributed by atoms with Crippen molar-refractivity contribution in [2.45, 2.75) is 13.3 Å². The van der Waals surface area contributed by atoms with Crippen LogP contribution in [0, 0.1) is 0 Å². The molecule has 0 unspecified atom stereocenters. The van der Waals surface area contributed by atoms with Crippen LogP contribution in [0.25, 0.3) is 6.08 Å². The summed E-state index contributed by atoms with van der Waals surface area (Å²) < 4.78 is 0. The average molecular weight is 248 g/mol. The van der Waals surface area contributed by atoms with Crippen molar-refractivity contribution in [1.29, 1.82) is 0 Å². The highest BCUT2D eigenvalue weighted by Gasteiger charge is 2.34. The molecule has 0 radical (unpaired) electrons. The largest absolute Gasteiger partial charge is 0.293 e. The lowest BCUT2D eigenvalue weighted by Crippen LogP contribution is -2.28. The summed E-state index contributed by atoms with van der Waals surface area (Å²) in [6, 6.07) is 3.64. The summed E-state index contributed by atoms with van der Waals surface area (Å²) in [5.74, 6) is -0.203. The minimum absolute atomic E-state index is 0.188. The van der Waals surface area contributed by atoms with Crippen molar-refractivity contribution in [3.05, 3.63) is 35.0 Å². The zero-order valence-electron chi connectivity index (χ0n) is 9.42. The number of rotatable bonds is 3. The zero-order valence-corrected chi connectivity index (χ0v) is 10.2. The van der Waals surface area contributed by atoms with Gasteiger partial charge >= 0.3 is 0 Å². The molecule has 5 heteroatoms. The van der Waals surface area contributed by atoms with E-state index in [0.29, 0.717) is 11.4 Å². The maximum Gasteiger partial charge on any atom is 0.293 e. The van der Waals surface area contributed by atoms with Gasteiger partial charge in [0.25, 0.3) is 11.1 Å². The first-order valence-corrected chi connectivity index (χ1v) is 6.19. The van der Waals surface area contributed by atoms with Crippen LogP contribution in [0.5, 0.6) is 0 Å². The van der Waals surface area contributed by atoms with Crippen molar-refractivity contribution in [2.24, 2.45) is 0 Å². The molecule has 0 atom stereocenters. The summed E-state index contributed by atoms with van der Waals surface area (Å²) in [4.78, 5) is 29.2. The quantitative estimate of drug-likeness (QED) is 0.771. The van der Waals surface area contributed by atoms with Gasteiger partial charge in [0, 0.05) is 18.9 Å². The first-order chi connectivity index (χ1) is 8.22. The Morgan fingerprint density at radius 1 is 1.47 bits per heavy atom. The normalized spacial score (nSPS) is 18.2. The lowest BCUT2D eigenvalue weighted by Gasteiger charge is -2.09. The minimum atomic E-state index is -0.203. The standard InChI is InChI=1S/C12H12N2O2S/c1-2-6-14-11(15)10(17-12(14)16)7-9-4-3-5-13-8-9/h3-5,7-8H,2,6H2,1H3/b10-7+. The molecule has 1 saturated heterocycles. The molecule has 2 rings (SSSR count). The van der Waals surface area contributed by atoms with Gasteiger partial charge in [-0.2, -0.15) is 0 Å². The Labute approximate surface area is 104 Å². The third-order valence-corrected chi connectivity index (χ3v) is 3.21. The van der Waals surface area contributed by atoms with Crippen molar-refractivity contribution in [2.75, 3.05) is 6.54 Å². The molecule has 2 amide bonds. The van der Waals surface area contributed by atoms with Gasteiger partial charge < -0.3 is 0 Å². The highest BCUT2D eigenvalue weighted by atomic mass is 32.2. The van der Waals surface area contributed by atoms with Crippen molar-refractivity contribution in [3.8, 4) is 0 Å². The van der Waals surface area contributed by atoms with Crippen LogP contribution in [0.15, 0.2) is 29.4 Å². The van der Waals surface area contributed by atoms with Crippen LogP contribution in [0.3, 0.4) is 0 Å². The Balaban J connectivity index is 2.22. The SMILES string of the molecule is CCCN1C(=O)S/C(=C/c2cccnc2)C1=O. The fraction of sp³-hybridized carbons (Fsp3) is 0.250. The van der Waals surface area contributed by atoms with Gasteiger partial charge in [0.1, 0.15) is 0 Å². The van der Waals surface area contributed by atoms with Gasteiger partial charge in [-0.25, -0.2) is 0 Å². The molecule has 0 saturated carbocycles. The molecule has 0 N–H and O–H groups in total. The first kappa shape index (κ1) is 11.9. The fourth-order valence-corrected chi connectivity index (χ4v) is 2.39. The molecule has 0 aromatic carbocycles. The van der Waals surface area contributed by atoms with E-state index in [1.165, 1.54) is 4.90 Å². The van der Waals surface area contributed by atoms with Gasteiger partial charge in [-0.3, -0.25) is 19.5 Å². The molecule has 2 heterocycles. The molecule has 1 aliphatic heterocycles. The first-order valence-electron chi connectivity index (χ1n) is 5.37. The Morgan fingerprint density at radius 3 is 2.94 bits per heavy atom. The summed E-state index contributed by atoms with van der Waals surface area (Å²) in [6.45, 7) is 2.42. The van der Waals surface area contributed by atoms with E-state index in [1.807, 2.05) is 13.0 Å². The van der Waals surface area contributed by atoms with E-state index in [-0.39, 0.29) is 11.1 Å². The average Bonchev–Trinajstić information content (AvgIpc) is 2.59.